The van der Waals surface area contributed by atoms with E-state index in [1.165, 1.54) is 0 Å². The Morgan fingerprint density at radius 2 is 2.10 bits per heavy atom. The van der Waals surface area contributed by atoms with E-state index in [2.05, 4.69) is 4.90 Å². The van der Waals surface area contributed by atoms with Crippen LogP contribution in [-0.2, 0) is 4.74 Å². The Bertz CT molecular complexity index is 449. The van der Waals surface area contributed by atoms with Gasteiger partial charge in [0.2, 0.25) is 0 Å². The highest BCUT2D eigenvalue weighted by atomic mass is 35.5. The highest BCUT2D eigenvalue weighted by molar-refractivity contribution is 6.30. The third kappa shape index (κ3) is 4.28. The molecule has 1 saturated heterocycles. The number of nitrogens with zero attached hydrogens (tertiary/aromatic N) is 1. The van der Waals surface area contributed by atoms with Crippen molar-refractivity contribution in [2.75, 3.05) is 26.2 Å². The topological polar surface area (TPSA) is 49.8 Å². The molecule has 5 heteroatoms. The van der Waals surface area contributed by atoms with Gasteiger partial charge in [-0.3, -0.25) is 9.69 Å². The van der Waals surface area contributed by atoms with Gasteiger partial charge in [0, 0.05) is 36.6 Å². The fourth-order valence-electron chi connectivity index (χ4n) is 2.46. The van der Waals surface area contributed by atoms with Gasteiger partial charge in [0.1, 0.15) is 0 Å². The molecular formula is C15H20ClNO3. The van der Waals surface area contributed by atoms with Crippen LogP contribution < -0.4 is 0 Å². The minimum atomic E-state index is -0.149. The number of halogens is 1. The van der Waals surface area contributed by atoms with Gasteiger partial charge in [-0.25, -0.2) is 0 Å². The fourth-order valence-corrected chi connectivity index (χ4v) is 2.59. The lowest BCUT2D eigenvalue weighted by Crippen LogP contribution is -2.48. The predicted octanol–water partition coefficient (Wildman–Crippen LogP) is 1.99. The van der Waals surface area contributed by atoms with E-state index >= 15 is 0 Å². The molecule has 0 bridgehead atoms. The minimum absolute atomic E-state index is 0.0198. The maximum atomic E-state index is 12.1. The van der Waals surface area contributed by atoms with Crippen LogP contribution in [0.4, 0.5) is 0 Å². The zero-order valence-electron chi connectivity index (χ0n) is 11.6. The molecule has 4 nitrogen and oxygen atoms in total. The molecule has 1 heterocycles. The number of carbonyl (C=O) groups is 1. The summed E-state index contributed by atoms with van der Waals surface area (Å²) >= 11 is 5.81. The van der Waals surface area contributed by atoms with Crippen molar-refractivity contribution in [3.8, 4) is 0 Å². The molecule has 20 heavy (non-hydrogen) atoms. The van der Waals surface area contributed by atoms with Crippen LogP contribution in [0.2, 0.25) is 5.02 Å². The quantitative estimate of drug-likeness (QED) is 0.845. The number of hydrogen-bond donors (Lipinski definition) is 1. The molecule has 0 saturated carbocycles. The Labute approximate surface area is 124 Å². The van der Waals surface area contributed by atoms with Crippen molar-refractivity contribution in [2.24, 2.45) is 0 Å². The van der Waals surface area contributed by atoms with Crippen LogP contribution in [0.3, 0.4) is 0 Å². The largest absolute Gasteiger partial charge is 0.394 e. The molecule has 0 aromatic heterocycles. The van der Waals surface area contributed by atoms with E-state index in [0.29, 0.717) is 30.1 Å². The fraction of sp³-hybridized carbons (Fsp3) is 0.533. The Hall–Kier alpha value is -0.940. The van der Waals surface area contributed by atoms with E-state index in [1.54, 1.807) is 24.3 Å². The van der Waals surface area contributed by atoms with Gasteiger partial charge in [-0.2, -0.15) is 0 Å². The van der Waals surface area contributed by atoms with Gasteiger partial charge in [-0.15, -0.1) is 0 Å². The third-order valence-electron chi connectivity index (χ3n) is 3.43. The summed E-state index contributed by atoms with van der Waals surface area (Å²) in [6.45, 7) is 4.16. The summed E-state index contributed by atoms with van der Waals surface area (Å²) < 4.78 is 5.58. The van der Waals surface area contributed by atoms with Gasteiger partial charge in [-0.1, -0.05) is 11.6 Å². The predicted molar refractivity (Wildman–Crippen MR) is 78.3 cm³/mol. The Morgan fingerprint density at radius 3 is 2.75 bits per heavy atom. The normalized spacial score (nSPS) is 23.8. The molecule has 1 aromatic rings. The molecule has 110 valence electrons. The average molecular weight is 298 g/mol. The maximum absolute atomic E-state index is 12.1. The van der Waals surface area contributed by atoms with Crippen molar-refractivity contribution in [3.05, 3.63) is 34.9 Å². The summed E-state index contributed by atoms with van der Waals surface area (Å²) in [6.07, 6.45) is 0.405. The smallest absolute Gasteiger partial charge is 0.164 e. The standard InChI is InChI=1S/C15H20ClNO3/c1-11-8-17(9-14(10-18)20-11)7-6-15(19)12-2-4-13(16)5-3-12/h2-5,11,14,18H,6-10H2,1H3. The van der Waals surface area contributed by atoms with Crippen molar-refractivity contribution in [3.63, 3.8) is 0 Å². The SMILES string of the molecule is CC1CN(CCC(=O)c2ccc(Cl)cc2)CC(CO)O1. The van der Waals surface area contributed by atoms with Gasteiger partial charge < -0.3 is 9.84 Å². The van der Waals surface area contributed by atoms with Crippen LogP contribution in [-0.4, -0.2) is 54.2 Å². The van der Waals surface area contributed by atoms with E-state index in [1.807, 2.05) is 6.92 Å². The van der Waals surface area contributed by atoms with Crippen LogP contribution in [0, 0.1) is 0 Å². The molecule has 1 N–H and O–H groups in total. The lowest BCUT2D eigenvalue weighted by molar-refractivity contribution is -0.0947. The monoisotopic (exact) mass is 297 g/mol. The molecule has 0 amide bonds. The number of carbonyl (C=O) groups excluding carboxylic acids is 1. The number of aliphatic hydroxyl groups is 1. The lowest BCUT2D eigenvalue weighted by Gasteiger charge is -2.35. The summed E-state index contributed by atoms with van der Waals surface area (Å²) in [5, 5.41) is 9.81. The van der Waals surface area contributed by atoms with Crippen molar-refractivity contribution >= 4 is 17.4 Å². The number of ketones is 1. The first-order chi connectivity index (χ1) is 9.58. The zero-order valence-corrected chi connectivity index (χ0v) is 12.3. The van der Waals surface area contributed by atoms with Crippen molar-refractivity contribution in [1.29, 1.82) is 0 Å². The van der Waals surface area contributed by atoms with E-state index in [-0.39, 0.29) is 24.6 Å². The van der Waals surface area contributed by atoms with E-state index in [4.69, 9.17) is 16.3 Å². The number of rotatable bonds is 5. The number of aliphatic hydroxyl groups excluding tert-OH is 1. The summed E-state index contributed by atoms with van der Waals surface area (Å²) in [4.78, 5) is 14.3. The average Bonchev–Trinajstić information content (AvgIpc) is 2.45. The van der Waals surface area contributed by atoms with Crippen LogP contribution in [0.25, 0.3) is 0 Å². The second-order valence-corrected chi connectivity index (χ2v) is 5.63. The molecule has 0 spiro atoms. The summed E-state index contributed by atoms with van der Waals surface area (Å²) in [5.41, 5.74) is 0.689. The minimum Gasteiger partial charge on any atom is -0.394 e. The van der Waals surface area contributed by atoms with Gasteiger partial charge in [0.05, 0.1) is 18.8 Å². The Balaban J connectivity index is 1.85. The summed E-state index contributed by atoms with van der Waals surface area (Å²) in [6, 6.07) is 6.97. The summed E-state index contributed by atoms with van der Waals surface area (Å²) in [7, 11) is 0. The van der Waals surface area contributed by atoms with E-state index in [0.717, 1.165) is 6.54 Å². The highest BCUT2D eigenvalue weighted by Gasteiger charge is 2.24. The second kappa shape index (κ2) is 7.18. The van der Waals surface area contributed by atoms with Crippen molar-refractivity contribution in [1.82, 2.24) is 4.90 Å². The molecular weight excluding hydrogens is 278 g/mol. The molecule has 0 radical (unpaired) electrons. The number of benzene rings is 1. The van der Waals surface area contributed by atoms with Crippen LogP contribution >= 0.6 is 11.6 Å². The molecule has 0 aliphatic carbocycles. The second-order valence-electron chi connectivity index (χ2n) is 5.19. The van der Waals surface area contributed by atoms with Gasteiger partial charge in [-0.05, 0) is 31.2 Å². The van der Waals surface area contributed by atoms with Crippen molar-refractivity contribution in [2.45, 2.75) is 25.6 Å². The third-order valence-corrected chi connectivity index (χ3v) is 3.68. The van der Waals surface area contributed by atoms with Gasteiger partial charge >= 0.3 is 0 Å². The van der Waals surface area contributed by atoms with Crippen LogP contribution in [0.15, 0.2) is 24.3 Å². The molecule has 1 aromatic carbocycles. The molecule has 1 aliphatic heterocycles. The van der Waals surface area contributed by atoms with Gasteiger partial charge in [0.15, 0.2) is 5.78 Å². The zero-order chi connectivity index (χ0) is 14.5. The van der Waals surface area contributed by atoms with E-state index < -0.39 is 0 Å². The van der Waals surface area contributed by atoms with Gasteiger partial charge in [0.25, 0.3) is 0 Å². The Morgan fingerprint density at radius 1 is 1.40 bits per heavy atom. The first-order valence-electron chi connectivity index (χ1n) is 6.86. The molecule has 1 aliphatic rings. The Kier molecular flexibility index (Phi) is 5.54. The number of ether oxygens (including phenoxy) is 1. The van der Waals surface area contributed by atoms with E-state index in [9.17, 15) is 9.90 Å². The molecule has 2 rings (SSSR count). The first kappa shape index (κ1) is 15.4. The lowest BCUT2D eigenvalue weighted by atomic mass is 10.1. The maximum Gasteiger partial charge on any atom is 0.164 e. The van der Waals surface area contributed by atoms with Crippen LogP contribution in [0.1, 0.15) is 23.7 Å². The van der Waals surface area contributed by atoms with Crippen molar-refractivity contribution < 1.29 is 14.6 Å². The van der Waals surface area contributed by atoms with Crippen LogP contribution in [0.5, 0.6) is 0 Å². The first-order valence-corrected chi connectivity index (χ1v) is 7.23. The molecule has 2 unspecified atom stereocenters. The molecule has 1 fully saturated rings. The molecule has 2 atom stereocenters. The highest BCUT2D eigenvalue weighted by Crippen LogP contribution is 2.14. The number of hydrogen-bond acceptors (Lipinski definition) is 4. The summed E-state index contributed by atoms with van der Waals surface area (Å²) in [5.74, 6) is 0.112. The number of morpholine rings is 1. The number of Topliss-reactive ketones (excluding diaryl/α,β-unsaturated/α-hetero) is 1.